The number of aromatic nitrogens is 2. The quantitative estimate of drug-likeness (QED) is 0.753. The molecule has 10 heteroatoms. The van der Waals surface area contributed by atoms with E-state index in [-0.39, 0.29) is 34.8 Å². The molecule has 2 aromatic rings. The predicted molar refractivity (Wildman–Crippen MR) is 103 cm³/mol. The molecule has 28 heavy (non-hydrogen) atoms. The first-order valence-electron chi connectivity index (χ1n) is 9.57. The number of fused-ring (bicyclic) bond motifs is 1. The zero-order valence-corrected chi connectivity index (χ0v) is 17.3. The standard InChI is InChI=1S/C18H26N4O5S/c1-11-7-21(8-12(2)25-11)16-6-5-15-17(20-27-19-15)18(16)28(23,24)22-9-13(3)26-14(4)10-22/h5-6,11-14H,7-10H2,1-4H3. The minimum Gasteiger partial charge on any atom is -0.373 e. The summed E-state index contributed by atoms with van der Waals surface area (Å²) in [6.45, 7) is 9.51. The second kappa shape index (κ2) is 7.25. The van der Waals surface area contributed by atoms with Gasteiger partial charge in [-0.1, -0.05) is 0 Å². The van der Waals surface area contributed by atoms with Gasteiger partial charge in [0.1, 0.15) is 10.4 Å². The Morgan fingerprint density at radius 3 is 2.07 bits per heavy atom. The van der Waals surface area contributed by atoms with E-state index < -0.39 is 10.0 Å². The Kier molecular flexibility index (Phi) is 5.07. The molecule has 4 unspecified atom stereocenters. The van der Waals surface area contributed by atoms with Crippen molar-refractivity contribution in [3.05, 3.63) is 12.1 Å². The lowest BCUT2D eigenvalue weighted by Gasteiger charge is -2.39. The Hall–Kier alpha value is -1.75. The van der Waals surface area contributed by atoms with E-state index in [0.717, 1.165) is 0 Å². The minimum absolute atomic E-state index is 0.00568. The van der Waals surface area contributed by atoms with E-state index in [1.165, 1.54) is 4.31 Å². The van der Waals surface area contributed by atoms with Crippen LogP contribution in [0.2, 0.25) is 0 Å². The first-order chi connectivity index (χ1) is 13.3. The maximum absolute atomic E-state index is 13.7. The molecular weight excluding hydrogens is 384 g/mol. The van der Waals surface area contributed by atoms with Gasteiger partial charge in [0.2, 0.25) is 10.0 Å². The number of morpholine rings is 2. The molecule has 2 saturated heterocycles. The molecule has 1 aromatic carbocycles. The van der Waals surface area contributed by atoms with Crippen molar-refractivity contribution >= 4 is 26.7 Å². The molecule has 2 aliphatic heterocycles. The number of benzene rings is 1. The van der Waals surface area contributed by atoms with Gasteiger partial charge >= 0.3 is 0 Å². The van der Waals surface area contributed by atoms with Crippen LogP contribution < -0.4 is 4.90 Å². The first kappa shape index (κ1) is 19.6. The van der Waals surface area contributed by atoms with Crippen LogP contribution in [0.3, 0.4) is 0 Å². The van der Waals surface area contributed by atoms with E-state index in [1.807, 2.05) is 32.6 Å². The lowest BCUT2D eigenvalue weighted by atomic mass is 10.2. The molecule has 0 radical (unpaired) electrons. The molecule has 154 valence electrons. The van der Waals surface area contributed by atoms with Crippen molar-refractivity contribution in [3.63, 3.8) is 0 Å². The zero-order valence-electron chi connectivity index (χ0n) is 16.5. The average molecular weight is 410 g/mol. The van der Waals surface area contributed by atoms with Gasteiger partial charge in [-0.3, -0.25) is 0 Å². The van der Waals surface area contributed by atoms with Crippen LogP contribution in [0.15, 0.2) is 21.7 Å². The van der Waals surface area contributed by atoms with E-state index in [1.54, 1.807) is 12.1 Å². The summed E-state index contributed by atoms with van der Waals surface area (Å²) >= 11 is 0. The van der Waals surface area contributed by atoms with Crippen LogP contribution >= 0.6 is 0 Å². The topological polar surface area (TPSA) is 98.0 Å². The number of hydrogen-bond acceptors (Lipinski definition) is 8. The van der Waals surface area contributed by atoms with E-state index in [0.29, 0.717) is 37.4 Å². The summed E-state index contributed by atoms with van der Waals surface area (Å²) < 4.78 is 45.3. The van der Waals surface area contributed by atoms with Gasteiger partial charge in [0, 0.05) is 26.2 Å². The third-order valence-electron chi connectivity index (χ3n) is 5.10. The van der Waals surface area contributed by atoms with Crippen LogP contribution in [0.1, 0.15) is 27.7 Å². The number of hydrogen-bond donors (Lipinski definition) is 0. The first-order valence-corrected chi connectivity index (χ1v) is 11.0. The van der Waals surface area contributed by atoms with Crippen LogP contribution in [0.25, 0.3) is 11.0 Å². The molecule has 3 heterocycles. The molecule has 1 aromatic heterocycles. The lowest BCUT2D eigenvalue weighted by Crippen LogP contribution is -2.49. The largest absolute Gasteiger partial charge is 0.373 e. The van der Waals surface area contributed by atoms with Crippen molar-refractivity contribution in [1.29, 1.82) is 0 Å². The summed E-state index contributed by atoms with van der Waals surface area (Å²) in [6.07, 6.45) is -0.372. The maximum Gasteiger partial charge on any atom is 0.247 e. The Labute approximate surface area is 164 Å². The van der Waals surface area contributed by atoms with Gasteiger partial charge in [0.15, 0.2) is 5.52 Å². The second-order valence-electron chi connectivity index (χ2n) is 7.79. The Morgan fingerprint density at radius 1 is 0.893 bits per heavy atom. The number of sulfonamides is 1. The molecule has 2 fully saturated rings. The normalized spacial score (nSPS) is 30.1. The summed E-state index contributed by atoms with van der Waals surface area (Å²) in [6, 6.07) is 3.53. The fourth-order valence-electron chi connectivity index (χ4n) is 4.15. The van der Waals surface area contributed by atoms with Gasteiger partial charge in [-0.15, -0.1) is 0 Å². The highest BCUT2D eigenvalue weighted by Gasteiger charge is 2.38. The molecule has 0 N–H and O–H groups in total. The Bertz CT molecular complexity index is 942. The summed E-state index contributed by atoms with van der Waals surface area (Å²) in [5.74, 6) is 0. The number of anilines is 1. The highest BCUT2D eigenvalue weighted by Crippen LogP contribution is 2.36. The summed E-state index contributed by atoms with van der Waals surface area (Å²) in [7, 11) is -3.83. The van der Waals surface area contributed by atoms with Crippen molar-refractivity contribution in [2.75, 3.05) is 31.1 Å². The predicted octanol–water partition coefficient (Wildman–Crippen LogP) is 1.63. The molecule has 0 saturated carbocycles. The number of ether oxygens (including phenoxy) is 2. The van der Waals surface area contributed by atoms with Crippen LogP contribution in [0.4, 0.5) is 5.69 Å². The maximum atomic E-state index is 13.7. The molecule has 4 rings (SSSR count). The van der Waals surface area contributed by atoms with Gasteiger partial charge in [-0.25, -0.2) is 13.0 Å². The van der Waals surface area contributed by atoms with E-state index in [9.17, 15) is 8.42 Å². The van der Waals surface area contributed by atoms with Gasteiger partial charge in [0.05, 0.1) is 30.1 Å². The molecule has 0 aliphatic carbocycles. The third-order valence-corrected chi connectivity index (χ3v) is 7.00. The van der Waals surface area contributed by atoms with Crippen molar-refractivity contribution in [2.45, 2.75) is 57.0 Å². The molecular formula is C18H26N4O5S. The minimum atomic E-state index is -3.83. The smallest absolute Gasteiger partial charge is 0.247 e. The van der Waals surface area contributed by atoms with E-state index in [4.69, 9.17) is 14.1 Å². The second-order valence-corrected chi connectivity index (χ2v) is 9.66. The van der Waals surface area contributed by atoms with Crippen LogP contribution in [0, 0.1) is 0 Å². The summed E-state index contributed by atoms with van der Waals surface area (Å²) in [4.78, 5) is 2.20. The van der Waals surface area contributed by atoms with Gasteiger partial charge in [-0.05, 0) is 50.1 Å². The van der Waals surface area contributed by atoms with Gasteiger partial charge in [-0.2, -0.15) is 4.31 Å². The molecule has 0 bridgehead atoms. The van der Waals surface area contributed by atoms with Crippen molar-refractivity contribution in [1.82, 2.24) is 14.6 Å². The molecule has 0 spiro atoms. The van der Waals surface area contributed by atoms with Crippen LogP contribution in [0.5, 0.6) is 0 Å². The van der Waals surface area contributed by atoms with Crippen LogP contribution in [-0.4, -0.2) is 73.6 Å². The van der Waals surface area contributed by atoms with Crippen LogP contribution in [-0.2, 0) is 19.5 Å². The average Bonchev–Trinajstić information content (AvgIpc) is 3.07. The zero-order chi connectivity index (χ0) is 20.1. The summed E-state index contributed by atoms with van der Waals surface area (Å²) in [5, 5.41) is 7.78. The van der Waals surface area contributed by atoms with Gasteiger partial charge < -0.3 is 14.4 Å². The van der Waals surface area contributed by atoms with E-state index in [2.05, 4.69) is 10.3 Å². The van der Waals surface area contributed by atoms with Crippen molar-refractivity contribution < 1.29 is 22.5 Å². The number of rotatable bonds is 3. The summed E-state index contributed by atoms with van der Waals surface area (Å²) in [5.41, 5.74) is 1.29. The molecule has 9 nitrogen and oxygen atoms in total. The Balaban J connectivity index is 1.84. The van der Waals surface area contributed by atoms with Crippen molar-refractivity contribution in [2.24, 2.45) is 0 Å². The fraction of sp³-hybridized carbons (Fsp3) is 0.667. The molecule has 4 atom stereocenters. The number of nitrogens with zero attached hydrogens (tertiary/aromatic N) is 4. The Morgan fingerprint density at radius 2 is 1.46 bits per heavy atom. The molecule has 0 amide bonds. The lowest BCUT2D eigenvalue weighted by molar-refractivity contribution is -0.0440. The van der Waals surface area contributed by atoms with E-state index >= 15 is 0 Å². The SMILES string of the molecule is CC1CN(c2ccc3nonc3c2S(=O)(=O)N2CC(C)OC(C)C2)CC(C)O1. The third kappa shape index (κ3) is 3.49. The van der Waals surface area contributed by atoms with Gasteiger partial charge in [0.25, 0.3) is 0 Å². The monoisotopic (exact) mass is 410 g/mol. The highest BCUT2D eigenvalue weighted by molar-refractivity contribution is 7.89. The fourth-order valence-corrected chi connectivity index (χ4v) is 6.07. The molecule has 2 aliphatic rings. The highest BCUT2D eigenvalue weighted by atomic mass is 32.2. The van der Waals surface area contributed by atoms with Crippen molar-refractivity contribution in [3.8, 4) is 0 Å².